The minimum atomic E-state index is -0.652. The quantitative estimate of drug-likeness (QED) is 0.466. The van der Waals surface area contributed by atoms with Gasteiger partial charge in [0.15, 0.2) is 0 Å². The molecular formula is C14H13NO4. The molecule has 2 rings (SSSR count). The van der Waals surface area contributed by atoms with Crippen molar-refractivity contribution in [2.75, 3.05) is 20.3 Å². The van der Waals surface area contributed by atoms with E-state index in [0.717, 1.165) is 0 Å². The van der Waals surface area contributed by atoms with Gasteiger partial charge in [-0.2, -0.15) is 5.26 Å². The monoisotopic (exact) mass is 259 g/mol. The van der Waals surface area contributed by atoms with Crippen LogP contribution in [0.15, 0.2) is 29.8 Å². The highest BCUT2D eigenvalue weighted by atomic mass is 16.6. The summed E-state index contributed by atoms with van der Waals surface area (Å²) in [5.74, 6) is 0.0328. The predicted octanol–water partition coefficient (Wildman–Crippen LogP) is 1.54. The molecule has 19 heavy (non-hydrogen) atoms. The summed E-state index contributed by atoms with van der Waals surface area (Å²) < 4.78 is 15.2. The zero-order valence-electron chi connectivity index (χ0n) is 10.5. The van der Waals surface area contributed by atoms with Gasteiger partial charge in [-0.3, -0.25) is 0 Å². The molecule has 1 heterocycles. The summed E-state index contributed by atoms with van der Waals surface area (Å²) >= 11 is 0. The van der Waals surface area contributed by atoms with E-state index in [-0.39, 0.29) is 11.7 Å². The number of nitriles is 1. The highest BCUT2D eigenvalue weighted by molar-refractivity contribution is 5.97. The lowest BCUT2D eigenvalue weighted by Crippen LogP contribution is -2.38. The second-order valence-corrected chi connectivity index (χ2v) is 4.01. The Kier molecular flexibility index (Phi) is 4.16. The van der Waals surface area contributed by atoms with Gasteiger partial charge in [-0.15, -0.1) is 0 Å². The summed E-state index contributed by atoms with van der Waals surface area (Å²) in [5.41, 5.74) is 0.659. The van der Waals surface area contributed by atoms with Gasteiger partial charge in [0.2, 0.25) is 0 Å². The fourth-order valence-electron chi connectivity index (χ4n) is 1.57. The van der Waals surface area contributed by atoms with Gasteiger partial charge >= 0.3 is 5.97 Å². The molecule has 0 radical (unpaired) electrons. The smallest absolute Gasteiger partial charge is 0.348 e. The number of nitrogens with zero attached hydrogens (tertiary/aromatic N) is 1. The van der Waals surface area contributed by atoms with E-state index in [0.29, 0.717) is 24.5 Å². The van der Waals surface area contributed by atoms with E-state index in [1.807, 2.05) is 12.1 Å². The van der Waals surface area contributed by atoms with E-state index in [2.05, 4.69) is 4.74 Å². The van der Waals surface area contributed by atoms with Crippen LogP contribution < -0.4 is 4.74 Å². The molecule has 0 atom stereocenters. The molecule has 1 aromatic rings. The van der Waals surface area contributed by atoms with E-state index >= 15 is 0 Å². The van der Waals surface area contributed by atoms with Gasteiger partial charge in [-0.1, -0.05) is 12.1 Å². The normalized spacial score (nSPS) is 15.3. The lowest BCUT2D eigenvalue weighted by molar-refractivity contribution is -0.135. The third-order valence-electron chi connectivity index (χ3n) is 2.61. The first-order valence-corrected chi connectivity index (χ1v) is 5.77. The Morgan fingerprint density at radius 1 is 1.53 bits per heavy atom. The first kappa shape index (κ1) is 13.1. The zero-order chi connectivity index (χ0) is 13.7. The van der Waals surface area contributed by atoms with Crippen LogP contribution in [-0.2, 0) is 14.3 Å². The van der Waals surface area contributed by atoms with Gasteiger partial charge in [0, 0.05) is 0 Å². The minimum absolute atomic E-state index is 0.0494. The van der Waals surface area contributed by atoms with Crippen molar-refractivity contribution in [3.05, 3.63) is 35.4 Å². The number of carbonyl (C=O) groups is 1. The summed E-state index contributed by atoms with van der Waals surface area (Å²) in [6.07, 6.45) is 1.55. The molecule has 0 bridgehead atoms. The number of rotatable bonds is 4. The highest BCUT2D eigenvalue weighted by Gasteiger charge is 2.20. The van der Waals surface area contributed by atoms with Crippen molar-refractivity contribution >= 4 is 12.0 Å². The average molecular weight is 259 g/mol. The topological polar surface area (TPSA) is 68.6 Å². The molecule has 0 N–H and O–H groups in total. The standard InChI is InChI=1S/C14H13NO4/c1-17-14(16)11(7-15)5-10-3-2-4-12(6-10)19-13-8-18-9-13/h2-6,13H,8-9H2,1H3. The second-order valence-electron chi connectivity index (χ2n) is 4.01. The van der Waals surface area contributed by atoms with E-state index in [1.54, 1.807) is 18.2 Å². The molecule has 5 nitrogen and oxygen atoms in total. The van der Waals surface area contributed by atoms with Crippen LogP contribution in [0.5, 0.6) is 5.75 Å². The van der Waals surface area contributed by atoms with Crippen LogP contribution in [0.3, 0.4) is 0 Å². The minimum Gasteiger partial charge on any atom is -0.486 e. The maximum atomic E-state index is 11.3. The van der Waals surface area contributed by atoms with E-state index in [4.69, 9.17) is 14.7 Å². The number of esters is 1. The molecule has 0 saturated carbocycles. The van der Waals surface area contributed by atoms with Crippen molar-refractivity contribution in [3.63, 3.8) is 0 Å². The molecule has 1 aromatic carbocycles. The van der Waals surface area contributed by atoms with Crippen LogP contribution in [0.1, 0.15) is 5.56 Å². The van der Waals surface area contributed by atoms with Crippen molar-refractivity contribution < 1.29 is 19.0 Å². The predicted molar refractivity (Wildman–Crippen MR) is 67.3 cm³/mol. The average Bonchev–Trinajstić information content (AvgIpc) is 2.40. The number of carbonyl (C=O) groups excluding carboxylic acids is 1. The Morgan fingerprint density at radius 3 is 2.89 bits per heavy atom. The summed E-state index contributed by atoms with van der Waals surface area (Å²) in [5, 5.41) is 8.88. The Balaban J connectivity index is 2.15. The largest absolute Gasteiger partial charge is 0.486 e. The van der Waals surface area contributed by atoms with Crippen LogP contribution in [0.25, 0.3) is 6.08 Å². The molecule has 5 heteroatoms. The molecule has 0 unspecified atom stereocenters. The van der Waals surface area contributed by atoms with Gasteiger partial charge in [-0.05, 0) is 23.8 Å². The van der Waals surface area contributed by atoms with Crippen LogP contribution in [0, 0.1) is 11.3 Å². The maximum Gasteiger partial charge on any atom is 0.348 e. The zero-order valence-corrected chi connectivity index (χ0v) is 10.5. The van der Waals surface area contributed by atoms with Crippen molar-refractivity contribution in [1.82, 2.24) is 0 Å². The molecule has 0 amide bonds. The number of ether oxygens (including phenoxy) is 3. The Hall–Kier alpha value is -2.32. The Labute approximate surface area is 111 Å². The van der Waals surface area contributed by atoms with Gasteiger partial charge < -0.3 is 14.2 Å². The third-order valence-corrected chi connectivity index (χ3v) is 2.61. The SMILES string of the molecule is COC(=O)C(C#N)=Cc1cccc(OC2COC2)c1. The lowest BCUT2D eigenvalue weighted by atomic mass is 10.1. The summed E-state index contributed by atoms with van der Waals surface area (Å²) in [6.45, 7) is 1.18. The Morgan fingerprint density at radius 2 is 2.32 bits per heavy atom. The maximum absolute atomic E-state index is 11.3. The molecular weight excluding hydrogens is 246 g/mol. The first-order valence-electron chi connectivity index (χ1n) is 5.77. The molecule has 1 fully saturated rings. The van der Waals surface area contributed by atoms with Crippen LogP contribution in [-0.4, -0.2) is 32.4 Å². The molecule has 0 aromatic heterocycles. The second kappa shape index (κ2) is 6.03. The molecule has 1 aliphatic rings. The summed E-state index contributed by atoms with van der Waals surface area (Å²) in [6, 6.07) is 8.97. The molecule has 1 aliphatic heterocycles. The van der Waals surface area contributed by atoms with Crippen LogP contribution in [0.4, 0.5) is 0 Å². The third kappa shape index (κ3) is 3.33. The number of hydrogen-bond acceptors (Lipinski definition) is 5. The first-order chi connectivity index (χ1) is 9.22. The Bertz CT molecular complexity index is 541. The van der Waals surface area contributed by atoms with Crippen molar-refractivity contribution in [2.24, 2.45) is 0 Å². The van der Waals surface area contributed by atoms with Crippen molar-refractivity contribution in [2.45, 2.75) is 6.10 Å². The molecule has 98 valence electrons. The summed E-state index contributed by atoms with van der Waals surface area (Å²) in [7, 11) is 1.24. The van der Waals surface area contributed by atoms with Crippen LogP contribution >= 0.6 is 0 Å². The van der Waals surface area contributed by atoms with E-state index < -0.39 is 5.97 Å². The van der Waals surface area contributed by atoms with E-state index in [1.165, 1.54) is 13.2 Å². The van der Waals surface area contributed by atoms with Gasteiger partial charge in [0.1, 0.15) is 23.5 Å². The van der Waals surface area contributed by atoms with Gasteiger partial charge in [0.25, 0.3) is 0 Å². The van der Waals surface area contributed by atoms with Gasteiger partial charge in [0.05, 0.1) is 20.3 Å². The summed E-state index contributed by atoms with van der Waals surface area (Å²) in [4.78, 5) is 11.3. The number of hydrogen-bond donors (Lipinski definition) is 0. The van der Waals surface area contributed by atoms with E-state index in [9.17, 15) is 4.79 Å². The van der Waals surface area contributed by atoms with Crippen LogP contribution in [0.2, 0.25) is 0 Å². The molecule has 0 spiro atoms. The highest BCUT2D eigenvalue weighted by Crippen LogP contribution is 2.19. The number of methoxy groups -OCH3 is 1. The fourth-order valence-corrected chi connectivity index (χ4v) is 1.57. The molecule has 0 aliphatic carbocycles. The fraction of sp³-hybridized carbons (Fsp3) is 0.286. The van der Waals surface area contributed by atoms with Crippen molar-refractivity contribution in [3.8, 4) is 11.8 Å². The van der Waals surface area contributed by atoms with Gasteiger partial charge in [-0.25, -0.2) is 4.79 Å². The lowest BCUT2D eigenvalue weighted by Gasteiger charge is -2.26. The number of benzene rings is 1. The molecule has 1 saturated heterocycles. The van der Waals surface area contributed by atoms with Crippen molar-refractivity contribution in [1.29, 1.82) is 5.26 Å².